The van der Waals surface area contributed by atoms with Gasteiger partial charge in [0.05, 0.1) is 18.4 Å². The second kappa shape index (κ2) is 5.78. The highest BCUT2D eigenvalue weighted by Crippen LogP contribution is 2.68. The summed E-state index contributed by atoms with van der Waals surface area (Å²) >= 11 is 3.46. The number of aromatic nitrogens is 3. The minimum absolute atomic E-state index is 0.0748. The summed E-state index contributed by atoms with van der Waals surface area (Å²) in [6, 6.07) is 8.40. The van der Waals surface area contributed by atoms with Gasteiger partial charge in [0.25, 0.3) is 0 Å². The van der Waals surface area contributed by atoms with E-state index in [4.69, 9.17) is 10.7 Å². The lowest BCUT2D eigenvalue weighted by Crippen LogP contribution is -2.22. The molecule has 0 saturated heterocycles. The van der Waals surface area contributed by atoms with Crippen LogP contribution < -0.4 is 5.73 Å². The molecule has 1 atom stereocenters. The molecule has 1 fully saturated rings. The Kier molecular flexibility index (Phi) is 3.81. The fourth-order valence-corrected chi connectivity index (χ4v) is 5.44. The quantitative estimate of drug-likeness (QED) is 0.722. The maximum atomic E-state index is 11.4. The molecule has 1 aliphatic carbocycles. The van der Waals surface area contributed by atoms with Gasteiger partial charge in [-0.1, -0.05) is 26.0 Å². The monoisotopic (exact) mass is 372 g/mol. The Hall–Kier alpha value is -1.99. The Balaban J connectivity index is 1.82. The van der Waals surface area contributed by atoms with Crippen molar-refractivity contribution < 1.29 is 4.79 Å². The first kappa shape index (κ1) is 16.5. The summed E-state index contributed by atoms with van der Waals surface area (Å²) < 4.78 is 1.97. The molecule has 3 aromatic heterocycles. The van der Waals surface area contributed by atoms with Gasteiger partial charge in [-0.2, -0.15) is 5.10 Å². The lowest BCUT2D eigenvalue weighted by Gasteiger charge is -2.19. The molecule has 130 valence electrons. The van der Waals surface area contributed by atoms with E-state index in [9.17, 15) is 4.79 Å². The number of carbonyl (C=O) groups excluding carboxylic acids is 1. The first-order chi connectivity index (χ1) is 11.9. The number of nitrogens with two attached hydrogens (primary N) is 1. The van der Waals surface area contributed by atoms with Gasteiger partial charge in [0.1, 0.15) is 5.82 Å². The van der Waals surface area contributed by atoms with Gasteiger partial charge in [0.2, 0.25) is 5.91 Å². The van der Waals surface area contributed by atoms with Crippen molar-refractivity contribution in [2.24, 2.45) is 11.1 Å². The van der Waals surface area contributed by atoms with E-state index in [1.807, 2.05) is 10.7 Å². The number of primary amides is 1. The number of amides is 1. The summed E-state index contributed by atoms with van der Waals surface area (Å²) in [5.41, 5.74) is 5.34. The second-order valence-electron chi connectivity index (χ2n) is 7.18. The molecule has 1 saturated carbocycles. The topological polar surface area (TPSA) is 73.8 Å². The van der Waals surface area contributed by atoms with Crippen LogP contribution in [0.25, 0.3) is 0 Å². The molecule has 1 unspecified atom stereocenters. The summed E-state index contributed by atoms with van der Waals surface area (Å²) in [6.45, 7) is 5.21. The van der Waals surface area contributed by atoms with Crippen LogP contribution in [-0.4, -0.2) is 20.7 Å². The van der Waals surface area contributed by atoms with Crippen LogP contribution in [0.4, 0.5) is 0 Å². The number of hydrogen-bond donors (Lipinski definition) is 1. The Morgan fingerprint density at radius 2 is 2.00 bits per heavy atom. The van der Waals surface area contributed by atoms with E-state index in [0.29, 0.717) is 12.4 Å². The van der Waals surface area contributed by atoms with Gasteiger partial charge in [-0.15, -0.1) is 22.7 Å². The first-order valence-electron chi connectivity index (χ1n) is 8.21. The van der Waals surface area contributed by atoms with Crippen LogP contribution in [0.5, 0.6) is 0 Å². The summed E-state index contributed by atoms with van der Waals surface area (Å²) in [7, 11) is 0. The third-order valence-electron chi connectivity index (χ3n) is 4.99. The van der Waals surface area contributed by atoms with Crippen LogP contribution in [-0.2, 0) is 23.2 Å². The maximum absolute atomic E-state index is 11.4. The van der Waals surface area contributed by atoms with Crippen LogP contribution in [0, 0.1) is 5.41 Å². The molecule has 0 spiro atoms. The van der Waals surface area contributed by atoms with E-state index in [-0.39, 0.29) is 17.3 Å². The predicted octanol–water partition coefficient (Wildman–Crippen LogP) is 3.19. The van der Waals surface area contributed by atoms with Gasteiger partial charge in [-0.25, -0.2) is 9.67 Å². The lowest BCUT2D eigenvalue weighted by atomic mass is 9.93. The molecule has 1 aliphatic rings. The average molecular weight is 373 g/mol. The van der Waals surface area contributed by atoms with E-state index in [1.165, 1.54) is 9.75 Å². The Morgan fingerprint density at radius 1 is 1.28 bits per heavy atom. The van der Waals surface area contributed by atoms with Crippen molar-refractivity contribution in [2.45, 2.75) is 38.6 Å². The highest BCUT2D eigenvalue weighted by Gasteiger charge is 2.66. The fourth-order valence-electron chi connectivity index (χ4n) is 3.65. The molecule has 7 heteroatoms. The van der Waals surface area contributed by atoms with Gasteiger partial charge in [0.15, 0.2) is 5.82 Å². The average Bonchev–Trinajstić information content (AvgIpc) is 3.09. The van der Waals surface area contributed by atoms with Crippen LogP contribution in [0.2, 0.25) is 0 Å². The highest BCUT2D eigenvalue weighted by atomic mass is 32.1. The van der Waals surface area contributed by atoms with Gasteiger partial charge < -0.3 is 5.73 Å². The number of rotatable bonds is 6. The minimum Gasteiger partial charge on any atom is -0.369 e. The van der Waals surface area contributed by atoms with E-state index in [1.54, 1.807) is 22.7 Å². The molecule has 4 rings (SSSR count). The smallest absolute Gasteiger partial charge is 0.225 e. The summed E-state index contributed by atoms with van der Waals surface area (Å²) in [5.74, 6) is 1.06. The Labute approximate surface area is 154 Å². The fraction of sp³-hybridized carbons (Fsp3) is 0.389. The largest absolute Gasteiger partial charge is 0.369 e. The second-order valence-corrected chi connectivity index (χ2v) is 9.15. The predicted molar refractivity (Wildman–Crippen MR) is 99.8 cm³/mol. The normalized spacial score (nSPS) is 21.4. The van der Waals surface area contributed by atoms with Gasteiger partial charge in [-0.05, 0) is 34.7 Å². The molecular formula is C18H20N4OS2. The van der Waals surface area contributed by atoms with Crippen LogP contribution in [0.1, 0.15) is 41.7 Å². The third kappa shape index (κ3) is 2.71. The summed E-state index contributed by atoms with van der Waals surface area (Å²) in [4.78, 5) is 18.7. The number of thiophene rings is 2. The summed E-state index contributed by atoms with van der Waals surface area (Å²) in [5, 5.41) is 8.79. The zero-order chi connectivity index (χ0) is 17.7. The zero-order valence-electron chi connectivity index (χ0n) is 14.2. The minimum atomic E-state index is -0.403. The molecule has 3 aromatic rings. The van der Waals surface area contributed by atoms with Gasteiger partial charge >= 0.3 is 0 Å². The Morgan fingerprint density at radius 3 is 2.56 bits per heavy atom. The van der Waals surface area contributed by atoms with E-state index in [0.717, 1.165) is 12.2 Å². The molecule has 0 bridgehead atoms. The van der Waals surface area contributed by atoms with E-state index >= 15 is 0 Å². The molecular weight excluding hydrogens is 352 g/mol. The van der Waals surface area contributed by atoms with Crippen molar-refractivity contribution in [1.29, 1.82) is 0 Å². The maximum Gasteiger partial charge on any atom is 0.225 e. The van der Waals surface area contributed by atoms with E-state index in [2.05, 4.69) is 47.9 Å². The molecule has 0 aromatic carbocycles. The van der Waals surface area contributed by atoms with Crippen molar-refractivity contribution in [3.63, 3.8) is 0 Å². The number of carbonyl (C=O) groups is 1. The van der Waals surface area contributed by atoms with Crippen molar-refractivity contribution in [1.82, 2.24) is 14.8 Å². The molecule has 0 radical (unpaired) electrons. The van der Waals surface area contributed by atoms with Crippen LogP contribution in [0.3, 0.4) is 0 Å². The van der Waals surface area contributed by atoms with Gasteiger partial charge in [0, 0.05) is 9.75 Å². The first-order valence-corrected chi connectivity index (χ1v) is 9.97. The van der Waals surface area contributed by atoms with Crippen molar-refractivity contribution in [3.8, 4) is 0 Å². The highest BCUT2D eigenvalue weighted by molar-refractivity contribution is 7.10. The number of hydrogen-bond acceptors (Lipinski definition) is 5. The lowest BCUT2D eigenvalue weighted by molar-refractivity contribution is -0.117. The van der Waals surface area contributed by atoms with Crippen molar-refractivity contribution in [2.75, 3.05) is 0 Å². The summed E-state index contributed by atoms with van der Waals surface area (Å²) in [6.07, 6.45) is 1.10. The van der Waals surface area contributed by atoms with Crippen LogP contribution >= 0.6 is 22.7 Å². The molecule has 5 nitrogen and oxygen atoms in total. The van der Waals surface area contributed by atoms with Crippen LogP contribution in [0.15, 0.2) is 35.0 Å². The third-order valence-corrected chi connectivity index (χ3v) is 6.89. The Bertz CT molecular complexity index is 896. The molecule has 25 heavy (non-hydrogen) atoms. The van der Waals surface area contributed by atoms with Gasteiger partial charge in [-0.3, -0.25) is 4.79 Å². The van der Waals surface area contributed by atoms with Crippen molar-refractivity contribution in [3.05, 3.63) is 56.4 Å². The molecule has 0 aliphatic heterocycles. The molecule has 3 heterocycles. The SMILES string of the molecule is CC1(C)CC1(c1cccs1)c1nc(CC(N)=O)nn1Cc1cccs1. The molecule has 1 amide bonds. The van der Waals surface area contributed by atoms with Crippen molar-refractivity contribution >= 4 is 28.6 Å². The zero-order valence-corrected chi connectivity index (χ0v) is 15.9. The number of nitrogens with zero attached hydrogens (tertiary/aromatic N) is 3. The standard InChI is InChI=1S/C18H20N4OS2/c1-17(2)11-18(17,13-6-4-8-25-13)16-20-15(9-14(19)23)21-22(16)10-12-5-3-7-24-12/h3-8H,9-11H2,1-2H3,(H2,19,23). The molecule has 2 N–H and O–H groups in total. The van der Waals surface area contributed by atoms with E-state index < -0.39 is 5.91 Å².